The second-order valence-electron chi connectivity index (χ2n) is 7.98. The maximum Gasteiger partial charge on any atom is 0.407 e. The number of amides is 2. The topological polar surface area (TPSA) is 91.9 Å². The number of benzene rings is 1. The molecule has 1 aliphatic rings. The van der Waals surface area contributed by atoms with Gasteiger partial charge in [-0.25, -0.2) is 10.2 Å². The van der Waals surface area contributed by atoms with E-state index in [9.17, 15) is 9.59 Å². The van der Waals surface area contributed by atoms with E-state index >= 15 is 0 Å². The molecule has 0 unspecified atom stereocenters. The zero-order valence-electron chi connectivity index (χ0n) is 17.2. The molecule has 0 aromatic heterocycles. The molecule has 1 aromatic rings. The number of rotatable bonds is 7. The van der Waals surface area contributed by atoms with Crippen LogP contribution in [0.15, 0.2) is 24.3 Å². The third-order valence-corrected chi connectivity index (χ3v) is 4.61. The summed E-state index contributed by atoms with van der Waals surface area (Å²) in [5.74, 6) is -0.318. The first-order chi connectivity index (χ1) is 13.3. The quantitative estimate of drug-likeness (QED) is 0.608. The standard InChI is InChI=1S/C20H32N4O4/c1-20(2,3)17(22-19(26)27-4)18(25)23-21-13-15-5-7-16(8-6-15)14-24-9-11-28-12-10-24/h5-8,17,21H,9-14H2,1-4H3,(H,22,26)(H,23,25)/t17-/m1/s1. The monoisotopic (exact) mass is 392 g/mol. The number of hydrazine groups is 1. The second-order valence-corrected chi connectivity index (χ2v) is 7.98. The van der Waals surface area contributed by atoms with Crippen LogP contribution < -0.4 is 16.2 Å². The number of alkyl carbamates (subject to hydrolysis) is 1. The lowest BCUT2D eigenvalue weighted by molar-refractivity contribution is -0.126. The number of morpholine rings is 1. The Balaban J connectivity index is 1.80. The zero-order valence-corrected chi connectivity index (χ0v) is 17.2. The molecule has 8 heteroatoms. The summed E-state index contributed by atoms with van der Waals surface area (Å²) < 4.78 is 9.98. The first-order valence-corrected chi connectivity index (χ1v) is 9.54. The number of methoxy groups -OCH3 is 1. The van der Waals surface area contributed by atoms with E-state index in [0.717, 1.165) is 38.4 Å². The van der Waals surface area contributed by atoms with E-state index in [1.54, 1.807) is 0 Å². The number of carbonyl (C=O) groups is 2. The van der Waals surface area contributed by atoms with Gasteiger partial charge in [0.25, 0.3) is 5.91 Å². The highest BCUT2D eigenvalue weighted by Crippen LogP contribution is 2.19. The third kappa shape index (κ3) is 7.10. The van der Waals surface area contributed by atoms with Crippen LogP contribution in [0.3, 0.4) is 0 Å². The van der Waals surface area contributed by atoms with E-state index in [2.05, 4.69) is 37.9 Å². The van der Waals surface area contributed by atoms with Gasteiger partial charge in [-0.1, -0.05) is 45.0 Å². The maximum absolute atomic E-state index is 12.4. The van der Waals surface area contributed by atoms with Crippen molar-refractivity contribution in [1.29, 1.82) is 0 Å². The number of nitrogens with one attached hydrogen (secondary N) is 3. The molecule has 0 spiro atoms. The van der Waals surface area contributed by atoms with Gasteiger partial charge in [0.2, 0.25) is 0 Å². The molecule has 1 heterocycles. The SMILES string of the molecule is COC(=O)N[C@H](C(=O)NNCc1ccc(CN2CCOCC2)cc1)C(C)(C)C. The number of nitrogens with zero attached hydrogens (tertiary/aromatic N) is 1. The second kappa shape index (κ2) is 10.4. The first kappa shape index (κ1) is 22.1. The molecule has 0 bridgehead atoms. The predicted octanol–water partition coefficient (Wildman–Crippen LogP) is 1.41. The Bertz CT molecular complexity index is 637. The van der Waals surface area contributed by atoms with Gasteiger partial charge in [-0.15, -0.1) is 0 Å². The van der Waals surface area contributed by atoms with Gasteiger partial charge in [-0.05, 0) is 16.5 Å². The highest BCUT2D eigenvalue weighted by molar-refractivity contribution is 5.86. The zero-order chi connectivity index (χ0) is 20.6. The van der Waals surface area contributed by atoms with Crippen LogP contribution in [0.1, 0.15) is 31.9 Å². The van der Waals surface area contributed by atoms with E-state index in [0.29, 0.717) is 6.54 Å². The van der Waals surface area contributed by atoms with Crippen LogP contribution in [-0.2, 0) is 27.4 Å². The fraction of sp³-hybridized carbons (Fsp3) is 0.600. The van der Waals surface area contributed by atoms with Crippen molar-refractivity contribution >= 4 is 12.0 Å². The van der Waals surface area contributed by atoms with Crippen molar-refractivity contribution in [3.05, 3.63) is 35.4 Å². The molecule has 1 aliphatic heterocycles. The lowest BCUT2D eigenvalue weighted by Gasteiger charge is -2.29. The van der Waals surface area contributed by atoms with Crippen LogP contribution in [0, 0.1) is 5.41 Å². The molecular formula is C20H32N4O4. The van der Waals surface area contributed by atoms with Gasteiger partial charge in [0.05, 0.1) is 20.3 Å². The van der Waals surface area contributed by atoms with E-state index in [4.69, 9.17) is 4.74 Å². The van der Waals surface area contributed by atoms with Crippen molar-refractivity contribution in [2.24, 2.45) is 5.41 Å². The van der Waals surface area contributed by atoms with Gasteiger partial charge in [0.15, 0.2) is 0 Å². The van der Waals surface area contributed by atoms with Crippen LogP contribution in [0.4, 0.5) is 4.79 Å². The molecule has 0 aliphatic carbocycles. The molecule has 1 fully saturated rings. The Hall–Kier alpha value is -2.16. The van der Waals surface area contributed by atoms with Crippen molar-refractivity contribution in [1.82, 2.24) is 21.1 Å². The lowest BCUT2D eigenvalue weighted by atomic mass is 9.86. The molecule has 2 rings (SSSR count). The Kier molecular flexibility index (Phi) is 8.22. The van der Waals surface area contributed by atoms with Gasteiger partial charge in [0.1, 0.15) is 6.04 Å². The lowest BCUT2D eigenvalue weighted by Crippen LogP contribution is -2.56. The molecule has 1 atom stereocenters. The molecule has 28 heavy (non-hydrogen) atoms. The summed E-state index contributed by atoms with van der Waals surface area (Å²) in [5.41, 5.74) is 7.45. The molecule has 8 nitrogen and oxygen atoms in total. The van der Waals surface area contributed by atoms with Crippen LogP contribution in [0.5, 0.6) is 0 Å². The molecule has 0 radical (unpaired) electrons. The summed E-state index contributed by atoms with van der Waals surface area (Å²) in [5, 5.41) is 2.57. The maximum atomic E-state index is 12.4. The Morgan fingerprint density at radius 2 is 1.75 bits per heavy atom. The minimum atomic E-state index is -0.719. The van der Waals surface area contributed by atoms with Crippen molar-refractivity contribution in [3.63, 3.8) is 0 Å². The van der Waals surface area contributed by atoms with Gasteiger partial charge >= 0.3 is 6.09 Å². The van der Waals surface area contributed by atoms with Gasteiger partial charge in [0, 0.05) is 26.2 Å². The van der Waals surface area contributed by atoms with Crippen LogP contribution in [0.25, 0.3) is 0 Å². The molecule has 1 saturated heterocycles. The Morgan fingerprint density at radius 1 is 1.14 bits per heavy atom. The molecule has 0 saturated carbocycles. The molecule has 1 aromatic carbocycles. The fourth-order valence-electron chi connectivity index (χ4n) is 2.94. The molecular weight excluding hydrogens is 360 g/mol. The highest BCUT2D eigenvalue weighted by Gasteiger charge is 2.33. The normalized spacial score (nSPS) is 16.3. The Labute approximate surface area is 166 Å². The fourth-order valence-corrected chi connectivity index (χ4v) is 2.94. The van der Waals surface area contributed by atoms with Crippen molar-refractivity contribution in [2.75, 3.05) is 33.4 Å². The smallest absolute Gasteiger partial charge is 0.407 e. The molecule has 3 N–H and O–H groups in total. The van der Waals surface area contributed by atoms with Crippen molar-refractivity contribution in [2.45, 2.75) is 39.9 Å². The minimum absolute atomic E-state index is 0.318. The van der Waals surface area contributed by atoms with Crippen molar-refractivity contribution < 1.29 is 19.1 Å². The average molecular weight is 393 g/mol. The van der Waals surface area contributed by atoms with E-state index in [1.165, 1.54) is 12.7 Å². The predicted molar refractivity (Wildman–Crippen MR) is 106 cm³/mol. The summed E-state index contributed by atoms with van der Waals surface area (Å²) in [7, 11) is 1.27. The van der Waals surface area contributed by atoms with Crippen LogP contribution in [0.2, 0.25) is 0 Å². The van der Waals surface area contributed by atoms with E-state index in [1.807, 2.05) is 32.9 Å². The van der Waals surface area contributed by atoms with E-state index in [-0.39, 0.29) is 5.91 Å². The summed E-state index contributed by atoms with van der Waals surface area (Å²) in [6.45, 7) is 10.5. The third-order valence-electron chi connectivity index (χ3n) is 4.61. The summed E-state index contributed by atoms with van der Waals surface area (Å²) in [6, 6.07) is 7.57. The average Bonchev–Trinajstić information content (AvgIpc) is 2.67. The molecule has 156 valence electrons. The first-order valence-electron chi connectivity index (χ1n) is 9.54. The minimum Gasteiger partial charge on any atom is -0.453 e. The van der Waals surface area contributed by atoms with Gasteiger partial charge in [-0.3, -0.25) is 15.1 Å². The highest BCUT2D eigenvalue weighted by atomic mass is 16.5. The summed E-state index contributed by atoms with van der Waals surface area (Å²) in [6.07, 6.45) is -0.633. The summed E-state index contributed by atoms with van der Waals surface area (Å²) in [4.78, 5) is 26.3. The Morgan fingerprint density at radius 3 is 2.32 bits per heavy atom. The number of hydrogen-bond donors (Lipinski definition) is 3. The number of ether oxygens (including phenoxy) is 2. The van der Waals surface area contributed by atoms with Crippen molar-refractivity contribution in [3.8, 4) is 0 Å². The van der Waals surface area contributed by atoms with Gasteiger partial charge in [-0.2, -0.15) is 0 Å². The van der Waals surface area contributed by atoms with Crippen LogP contribution in [-0.4, -0.2) is 56.4 Å². The number of hydrogen-bond acceptors (Lipinski definition) is 6. The number of carbonyl (C=O) groups excluding carboxylic acids is 2. The summed E-state index contributed by atoms with van der Waals surface area (Å²) >= 11 is 0. The van der Waals surface area contributed by atoms with E-state index < -0.39 is 17.6 Å². The largest absolute Gasteiger partial charge is 0.453 e. The van der Waals surface area contributed by atoms with Gasteiger partial charge < -0.3 is 14.8 Å². The van der Waals surface area contributed by atoms with Crippen LogP contribution >= 0.6 is 0 Å². The molecule has 2 amide bonds.